The van der Waals surface area contributed by atoms with Gasteiger partial charge in [0.15, 0.2) is 0 Å². The standard InChI is InChI=1S/C16H21N/c17-16(14-6-3-7-15(14)16)13-9-8-11-4-1-2-5-12(11)10-13/h1-2,4-5,13-15H,3,6-10,17H2. The summed E-state index contributed by atoms with van der Waals surface area (Å²) in [7, 11) is 0. The fourth-order valence-corrected chi connectivity index (χ4v) is 4.78. The van der Waals surface area contributed by atoms with Gasteiger partial charge in [0.1, 0.15) is 0 Å². The summed E-state index contributed by atoms with van der Waals surface area (Å²) in [6.07, 6.45) is 8.04. The van der Waals surface area contributed by atoms with Gasteiger partial charge < -0.3 is 5.73 Å². The Bertz CT molecular complexity index is 441. The lowest BCUT2D eigenvalue weighted by molar-refractivity contribution is 0.304. The summed E-state index contributed by atoms with van der Waals surface area (Å²) >= 11 is 0. The first-order valence-electron chi connectivity index (χ1n) is 7.16. The maximum atomic E-state index is 6.73. The number of hydrogen-bond acceptors (Lipinski definition) is 1. The minimum Gasteiger partial charge on any atom is -0.324 e. The molecule has 0 amide bonds. The van der Waals surface area contributed by atoms with Gasteiger partial charge in [-0.3, -0.25) is 0 Å². The lowest BCUT2D eigenvalue weighted by atomic mass is 9.76. The largest absolute Gasteiger partial charge is 0.324 e. The van der Waals surface area contributed by atoms with Crippen LogP contribution in [0.4, 0.5) is 0 Å². The highest BCUT2D eigenvalue weighted by Crippen LogP contribution is 2.63. The first kappa shape index (κ1) is 10.1. The third-order valence-electron chi connectivity index (χ3n) is 5.75. The maximum absolute atomic E-state index is 6.73. The van der Waals surface area contributed by atoms with E-state index in [-0.39, 0.29) is 5.54 Å². The Hall–Kier alpha value is -0.820. The fraction of sp³-hybridized carbons (Fsp3) is 0.625. The molecular formula is C16H21N. The van der Waals surface area contributed by atoms with E-state index in [4.69, 9.17) is 5.73 Å². The summed E-state index contributed by atoms with van der Waals surface area (Å²) in [5.41, 5.74) is 10.1. The van der Waals surface area contributed by atoms with Crippen LogP contribution in [0.15, 0.2) is 24.3 Å². The monoisotopic (exact) mass is 227 g/mol. The quantitative estimate of drug-likeness (QED) is 0.784. The van der Waals surface area contributed by atoms with Crippen molar-refractivity contribution in [3.8, 4) is 0 Å². The molecule has 3 atom stereocenters. The van der Waals surface area contributed by atoms with Crippen LogP contribution >= 0.6 is 0 Å². The lowest BCUT2D eigenvalue weighted by Gasteiger charge is -2.32. The van der Waals surface area contributed by atoms with Crippen molar-refractivity contribution in [2.75, 3.05) is 0 Å². The molecule has 1 aromatic carbocycles. The van der Waals surface area contributed by atoms with E-state index < -0.39 is 0 Å². The molecule has 3 aliphatic rings. The van der Waals surface area contributed by atoms with E-state index >= 15 is 0 Å². The minimum atomic E-state index is 0.228. The molecule has 1 aromatic rings. The molecule has 2 saturated carbocycles. The molecule has 0 spiro atoms. The normalized spacial score (nSPS) is 43.0. The van der Waals surface area contributed by atoms with E-state index in [1.807, 2.05) is 0 Å². The molecule has 0 radical (unpaired) electrons. The van der Waals surface area contributed by atoms with Gasteiger partial charge in [-0.25, -0.2) is 0 Å². The molecule has 0 bridgehead atoms. The average molecular weight is 227 g/mol. The van der Waals surface area contributed by atoms with Crippen molar-refractivity contribution in [2.45, 2.75) is 44.1 Å². The molecule has 3 unspecified atom stereocenters. The van der Waals surface area contributed by atoms with Crippen molar-refractivity contribution in [3.05, 3.63) is 35.4 Å². The zero-order valence-corrected chi connectivity index (χ0v) is 10.4. The summed E-state index contributed by atoms with van der Waals surface area (Å²) in [6.45, 7) is 0. The topological polar surface area (TPSA) is 26.0 Å². The predicted molar refractivity (Wildman–Crippen MR) is 69.7 cm³/mol. The van der Waals surface area contributed by atoms with Crippen molar-refractivity contribution in [1.82, 2.24) is 0 Å². The van der Waals surface area contributed by atoms with E-state index in [0.717, 1.165) is 17.8 Å². The van der Waals surface area contributed by atoms with Gasteiger partial charge in [0.05, 0.1) is 0 Å². The molecular weight excluding hydrogens is 206 g/mol. The third kappa shape index (κ3) is 1.29. The van der Waals surface area contributed by atoms with Crippen LogP contribution in [0.5, 0.6) is 0 Å². The first-order valence-corrected chi connectivity index (χ1v) is 7.16. The van der Waals surface area contributed by atoms with Gasteiger partial charge in [-0.15, -0.1) is 0 Å². The van der Waals surface area contributed by atoms with Gasteiger partial charge >= 0.3 is 0 Å². The van der Waals surface area contributed by atoms with E-state index in [1.54, 1.807) is 11.1 Å². The summed E-state index contributed by atoms with van der Waals surface area (Å²) in [5, 5.41) is 0. The number of benzene rings is 1. The van der Waals surface area contributed by atoms with Crippen LogP contribution < -0.4 is 5.73 Å². The zero-order valence-electron chi connectivity index (χ0n) is 10.4. The number of nitrogens with two attached hydrogens (primary N) is 1. The van der Waals surface area contributed by atoms with E-state index in [2.05, 4.69) is 24.3 Å². The maximum Gasteiger partial charge on any atom is 0.0250 e. The summed E-state index contributed by atoms with van der Waals surface area (Å²) < 4.78 is 0. The molecule has 2 N–H and O–H groups in total. The Kier molecular flexibility index (Phi) is 2.00. The Morgan fingerprint density at radius 1 is 1.00 bits per heavy atom. The highest BCUT2D eigenvalue weighted by Gasteiger charge is 2.66. The molecule has 4 rings (SSSR count). The molecule has 1 nitrogen and oxygen atoms in total. The number of fused-ring (bicyclic) bond motifs is 2. The Labute approximate surface area is 103 Å². The molecule has 1 heteroatoms. The molecule has 0 heterocycles. The highest BCUT2D eigenvalue weighted by molar-refractivity contribution is 5.33. The zero-order chi connectivity index (χ0) is 11.5. The van der Waals surface area contributed by atoms with Crippen molar-refractivity contribution < 1.29 is 0 Å². The number of hydrogen-bond donors (Lipinski definition) is 1. The SMILES string of the molecule is NC1(C2CCc3ccccc3C2)C2CCCC21. The van der Waals surface area contributed by atoms with Gasteiger partial charge in [-0.2, -0.15) is 0 Å². The van der Waals surface area contributed by atoms with E-state index in [1.165, 1.54) is 38.5 Å². The van der Waals surface area contributed by atoms with E-state index in [9.17, 15) is 0 Å². The van der Waals surface area contributed by atoms with Crippen LogP contribution in [0.3, 0.4) is 0 Å². The van der Waals surface area contributed by atoms with Crippen LogP contribution in [0.1, 0.15) is 36.8 Å². The second kappa shape index (κ2) is 3.35. The number of aryl methyl sites for hydroxylation is 1. The predicted octanol–water partition coefficient (Wildman–Crippen LogP) is 2.92. The van der Waals surface area contributed by atoms with Crippen LogP contribution in [-0.2, 0) is 12.8 Å². The molecule has 3 aliphatic carbocycles. The Morgan fingerprint density at radius 3 is 2.47 bits per heavy atom. The van der Waals surface area contributed by atoms with Crippen molar-refractivity contribution in [1.29, 1.82) is 0 Å². The lowest BCUT2D eigenvalue weighted by Crippen LogP contribution is -2.40. The molecule has 0 aromatic heterocycles. The second-order valence-corrected chi connectivity index (χ2v) is 6.35. The second-order valence-electron chi connectivity index (χ2n) is 6.35. The molecule has 2 fully saturated rings. The van der Waals surface area contributed by atoms with Crippen molar-refractivity contribution in [2.24, 2.45) is 23.5 Å². The van der Waals surface area contributed by atoms with Crippen molar-refractivity contribution >= 4 is 0 Å². The Morgan fingerprint density at radius 2 is 1.71 bits per heavy atom. The van der Waals surface area contributed by atoms with Crippen LogP contribution in [0.2, 0.25) is 0 Å². The van der Waals surface area contributed by atoms with Crippen molar-refractivity contribution in [3.63, 3.8) is 0 Å². The molecule has 0 aliphatic heterocycles. The van der Waals surface area contributed by atoms with Crippen LogP contribution in [-0.4, -0.2) is 5.54 Å². The van der Waals surface area contributed by atoms with E-state index in [0.29, 0.717) is 0 Å². The molecule has 0 saturated heterocycles. The van der Waals surface area contributed by atoms with Gasteiger partial charge in [-0.1, -0.05) is 30.7 Å². The summed E-state index contributed by atoms with van der Waals surface area (Å²) in [4.78, 5) is 0. The Balaban J connectivity index is 1.59. The average Bonchev–Trinajstić information content (AvgIpc) is 2.79. The summed E-state index contributed by atoms with van der Waals surface area (Å²) in [5.74, 6) is 2.50. The summed E-state index contributed by atoms with van der Waals surface area (Å²) in [6, 6.07) is 8.95. The first-order chi connectivity index (χ1) is 8.30. The molecule has 90 valence electrons. The van der Waals surface area contributed by atoms with Gasteiger partial charge in [0, 0.05) is 5.54 Å². The van der Waals surface area contributed by atoms with Gasteiger partial charge in [-0.05, 0) is 61.0 Å². The fourth-order valence-electron chi connectivity index (χ4n) is 4.78. The van der Waals surface area contributed by atoms with Gasteiger partial charge in [0.2, 0.25) is 0 Å². The number of rotatable bonds is 1. The van der Waals surface area contributed by atoms with Crippen LogP contribution in [0.25, 0.3) is 0 Å². The van der Waals surface area contributed by atoms with Gasteiger partial charge in [0.25, 0.3) is 0 Å². The highest BCUT2D eigenvalue weighted by atomic mass is 14.9. The third-order valence-corrected chi connectivity index (χ3v) is 5.75. The molecule has 17 heavy (non-hydrogen) atoms. The van der Waals surface area contributed by atoms with Crippen LogP contribution in [0, 0.1) is 17.8 Å². The minimum absolute atomic E-state index is 0.228. The smallest absolute Gasteiger partial charge is 0.0250 e.